The average Bonchev–Trinajstić information content (AvgIpc) is 2.72. The number of rotatable bonds is 2. The standard InChI is InChI=1S/C15H15BrO3/c1-15(2,3)13-12(14(17)18)11(8-19-13)9-5-4-6-10(16)7-9/h4-8H,1-3H3,(H,17,18). The first-order valence-electron chi connectivity index (χ1n) is 5.92. The molecule has 0 fully saturated rings. The largest absolute Gasteiger partial charge is 0.478 e. The molecular weight excluding hydrogens is 308 g/mol. The molecule has 0 saturated heterocycles. The Morgan fingerprint density at radius 2 is 2.00 bits per heavy atom. The second-order valence-electron chi connectivity index (χ2n) is 5.42. The van der Waals surface area contributed by atoms with E-state index in [0.29, 0.717) is 11.3 Å². The van der Waals surface area contributed by atoms with Crippen LogP contribution in [-0.4, -0.2) is 11.1 Å². The number of furan rings is 1. The van der Waals surface area contributed by atoms with Gasteiger partial charge in [0.05, 0.1) is 6.26 Å². The van der Waals surface area contributed by atoms with Crippen LogP contribution < -0.4 is 0 Å². The SMILES string of the molecule is CC(C)(C)c1occ(-c2cccc(Br)c2)c1C(=O)O. The summed E-state index contributed by atoms with van der Waals surface area (Å²) in [7, 11) is 0. The maximum Gasteiger partial charge on any atom is 0.339 e. The molecule has 0 unspecified atom stereocenters. The molecule has 1 N–H and O–H groups in total. The third-order valence-corrected chi connectivity index (χ3v) is 3.31. The Balaban J connectivity index is 2.66. The van der Waals surface area contributed by atoms with Crippen molar-refractivity contribution >= 4 is 21.9 Å². The Morgan fingerprint density at radius 3 is 2.53 bits per heavy atom. The molecule has 3 nitrogen and oxygen atoms in total. The van der Waals surface area contributed by atoms with Crippen LogP contribution in [0.15, 0.2) is 39.4 Å². The minimum absolute atomic E-state index is 0.241. The van der Waals surface area contributed by atoms with E-state index in [1.165, 1.54) is 6.26 Å². The summed E-state index contributed by atoms with van der Waals surface area (Å²) in [6, 6.07) is 7.52. The predicted molar refractivity (Wildman–Crippen MR) is 77.5 cm³/mol. The summed E-state index contributed by atoms with van der Waals surface area (Å²) in [5.41, 5.74) is 1.33. The van der Waals surface area contributed by atoms with Crippen molar-refractivity contribution in [1.82, 2.24) is 0 Å². The van der Waals surface area contributed by atoms with Crippen molar-refractivity contribution in [2.75, 3.05) is 0 Å². The van der Waals surface area contributed by atoms with Crippen molar-refractivity contribution in [3.8, 4) is 11.1 Å². The molecule has 0 aliphatic heterocycles. The second kappa shape index (κ2) is 4.85. The van der Waals surface area contributed by atoms with E-state index >= 15 is 0 Å². The summed E-state index contributed by atoms with van der Waals surface area (Å²) in [6.07, 6.45) is 1.52. The third kappa shape index (κ3) is 2.73. The fourth-order valence-electron chi connectivity index (χ4n) is 1.99. The molecule has 0 aliphatic rings. The third-order valence-electron chi connectivity index (χ3n) is 2.82. The normalized spacial score (nSPS) is 11.6. The van der Waals surface area contributed by atoms with Crippen LogP contribution in [0, 0.1) is 0 Å². The van der Waals surface area contributed by atoms with Crippen molar-refractivity contribution in [2.24, 2.45) is 0 Å². The number of halogens is 1. The lowest BCUT2D eigenvalue weighted by Gasteiger charge is -2.16. The molecule has 1 heterocycles. The first kappa shape index (κ1) is 13.9. The zero-order chi connectivity index (χ0) is 14.2. The molecule has 2 rings (SSSR count). The number of hydrogen-bond donors (Lipinski definition) is 1. The molecule has 0 bridgehead atoms. The van der Waals surface area contributed by atoms with Gasteiger partial charge in [0, 0.05) is 15.5 Å². The number of carboxylic acids is 1. The van der Waals surface area contributed by atoms with Crippen molar-refractivity contribution < 1.29 is 14.3 Å². The fourth-order valence-corrected chi connectivity index (χ4v) is 2.39. The highest BCUT2D eigenvalue weighted by Gasteiger charge is 2.29. The van der Waals surface area contributed by atoms with Crippen molar-refractivity contribution in [3.63, 3.8) is 0 Å². The van der Waals surface area contributed by atoms with E-state index in [4.69, 9.17) is 4.42 Å². The van der Waals surface area contributed by atoms with Gasteiger partial charge in [-0.25, -0.2) is 4.79 Å². The Bertz CT molecular complexity index is 621. The minimum atomic E-state index is -0.964. The summed E-state index contributed by atoms with van der Waals surface area (Å²) in [5, 5.41) is 9.46. The molecule has 19 heavy (non-hydrogen) atoms. The van der Waals surface area contributed by atoms with Crippen LogP contribution in [0.25, 0.3) is 11.1 Å². The second-order valence-corrected chi connectivity index (χ2v) is 6.33. The number of aromatic carboxylic acids is 1. The van der Waals surface area contributed by atoms with Gasteiger partial charge in [0.1, 0.15) is 11.3 Å². The zero-order valence-corrected chi connectivity index (χ0v) is 12.6. The lowest BCUT2D eigenvalue weighted by Crippen LogP contribution is -2.15. The van der Waals surface area contributed by atoms with Gasteiger partial charge in [-0.3, -0.25) is 0 Å². The lowest BCUT2D eigenvalue weighted by molar-refractivity contribution is 0.0693. The average molecular weight is 323 g/mol. The van der Waals surface area contributed by atoms with Crippen molar-refractivity contribution in [1.29, 1.82) is 0 Å². The van der Waals surface area contributed by atoms with Crippen LogP contribution in [-0.2, 0) is 5.41 Å². The highest BCUT2D eigenvalue weighted by Crippen LogP contribution is 2.35. The molecule has 1 aromatic heterocycles. The van der Waals surface area contributed by atoms with Crippen LogP contribution >= 0.6 is 15.9 Å². The lowest BCUT2D eigenvalue weighted by atomic mass is 9.88. The summed E-state index contributed by atoms with van der Waals surface area (Å²) in [5.74, 6) is -0.469. The molecule has 0 aliphatic carbocycles. The van der Waals surface area contributed by atoms with E-state index in [9.17, 15) is 9.90 Å². The number of benzene rings is 1. The first-order valence-corrected chi connectivity index (χ1v) is 6.71. The summed E-state index contributed by atoms with van der Waals surface area (Å²) >= 11 is 3.39. The Labute approximate surface area is 120 Å². The van der Waals surface area contributed by atoms with Gasteiger partial charge in [-0.2, -0.15) is 0 Å². The maximum atomic E-state index is 11.5. The molecule has 0 spiro atoms. The van der Waals surface area contributed by atoms with Crippen LogP contribution in [0.4, 0.5) is 0 Å². The van der Waals surface area contributed by atoms with Gasteiger partial charge in [-0.05, 0) is 17.7 Å². The molecular formula is C15H15BrO3. The Hall–Kier alpha value is -1.55. The van der Waals surface area contributed by atoms with Gasteiger partial charge in [-0.1, -0.05) is 48.8 Å². The topological polar surface area (TPSA) is 50.4 Å². The van der Waals surface area contributed by atoms with Gasteiger partial charge < -0.3 is 9.52 Å². The van der Waals surface area contributed by atoms with Gasteiger partial charge in [-0.15, -0.1) is 0 Å². The monoisotopic (exact) mass is 322 g/mol. The van der Waals surface area contributed by atoms with Gasteiger partial charge in [0.25, 0.3) is 0 Å². The molecule has 0 saturated carbocycles. The Morgan fingerprint density at radius 1 is 1.32 bits per heavy atom. The number of carboxylic acid groups (broad SMARTS) is 1. The van der Waals surface area contributed by atoms with E-state index in [2.05, 4.69) is 15.9 Å². The fraction of sp³-hybridized carbons (Fsp3) is 0.267. The summed E-state index contributed by atoms with van der Waals surface area (Å²) in [6.45, 7) is 5.80. The maximum absolute atomic E-state index is 11.5. The van der Waals surface area contributed by atoms with Crippen LogP contribution in [0.3, 0.4) is 0 Å². The molecule has 1 aromatic carbocycles. The van der Waals surface area contributed by atoms with E-state index in [-0.39, 0.29) is 11.0 Å². The smallest absolute Gasteiger partial charge is 0.339 e. The van der Waals surface area contributed by atoms with Gasteiger partial charge in [0.15, 0.2) is 0 Å². The molecule has 4 heteroatoms. The van der Waals surface area contributed by atoms with E-state index in [1.54, 1.807) is 0 Å². The van der Waals surface area contributed by atoms with Crippen LogP contribution in [0.1, 0.15) is 36.9 Å². The molecule has 100 valence electrons. The summed E-state index contributed by atoms with van der Waals surface area (Å²) < 4.78 is 6.42. The number of carbonyl (C=O) groups is 1. The van der Waals surface area contributed by atoms with Gasteiger partial charge >= 0.3 is 5.97 Å². The highest BCUT2D eigenvalue weighted by molar-refractivity contribution is 9.10. The van der Waals surface area contributed by atoms with Crippen molar-refractivity contribution in [3.05, 3.63) is 46.3 Å². The van der Waals surface area contributed by atoms with E-state index in [1.807, 2.05) is 45.0 Å². The zero-order valence-electron chi connectivity index (χ0n) is 11.0. The van der Waals surface area contributed by atoms with Gasteiger partial charge in [0.2, 0.25) is 0 Å². The molecule has 0 radical (unpaired) electrons. The highest BCUT2D eigenvalue weighted by atomic mass is 79.9. The Kier molecular flexibility index (Phi) is 3.54. The van der Waals surface area contributed by atoms with E-state index in [0.717, 1.165) is 10.0 Å². The molecule has 2 aromatic rings. The van der Waals surface area contributed by atoms with E-state index < -0.39 is 5.97 Å². The van der Waals surface area contributed by atoms with Crippen LogP contribution in [0.2, 0.25) is 0 Å². The van der Waals surface area contributed by atoms with Crippen molar-refractivity contribution in [2.45, 2.75) is 26.2 Å². The molecule has 0 atom stereocenters. The molecule has 0 amide bonds. The minimum Gasteiger partial charge on any atom is -0.478 e. The quantitative estimate of drug-likeness (QED) is 0.871. The first-order chi connectivity index (χ1) is 8.80. The number of hydrogen-bond acceptors (Lipinski definition) is 2. The predicted octanol–water partition coefficient (Wildman–Crippen LogP) is 4.70. The van der Waals surface area contributed by atoms with Crippen LogP contribution in [0.5, 0.6) is 0 Å². The summed E-state index contributed by atoms with van der Waals surface area (Å²) in [4.78, 5) is 11.5.